The van der Waals surface area contributed by atoms with E-state index in [1.54, 1.807) is 21.3 Å². The molecule has 0 saturated carbocycles. The number of rotatable bonds is 9. The molecule has 0 aliphatic heterocycles. The number of hydrogen-bond acceptors (Lipinski definition) is 5. The zero-order valence-electron chi connectivity index (χ0n) is 16.0. The van der Waals surface area contributed by atoms with E-state index in [9.17, 15) is 4.39 Å². The minimum absolute atomic E-state index is 0.127. The minimum atomic E-state index is -0.228. The van der Waals surface area contributed by atoms with Crippen molar-refractivity contribution in [1.82, 2.24) is 10.2 Å². The molecular formula is C20H27FN2O3. The smallest absolute Gasteiger partial charge is 0.164 e. The van der Waals surface area contributed by atoms with E-state index in [1.165, 1.54) is 12.1 Å². The summed E-state index contributed by atoms with van der Waals surface area (Å²) in [4.78, 5) is 2.10. The first-order valence-corrected chi connectivity index (χ1v) is 8.41. The molecule has 0 aliphatic carbocycles. The first-order valence-electron chi connectivity index (χ1n) is 8.41. The van der Waals surface area contributed by atoms with Crippen LogP contribution in [0.1, 0.15) is 17.2 Å². The van der Waals surface area contributed by atoms with Gasteiger partial charge in [0.15, 0.2) is 11.5 Å². The van der Waals surface area contributed by atoms with Crippen molar-refractivity contribution in [3.05, 3.63) is 53.3 Å². The van der Waals surface area contributed by atoms with E-state index >= 15 is 0 Å². The molecule has 0 amide bonds. The number of nitrogens with zero attached hydrogens (tertiary/aromatic N) is 1. The summed E-state index contributed by atoms with van der Waals surface area (Å²) in [6, 6.07) is 10.5. The molecule has 1 unspecified atom stereocenters. The van der Waals surface area contributed by atoms with E-state index in [4.69, 9.17) is 14.2 Å². The molecule has 6 heteroatoms. The average Bonchev–Trinajstić information content (AvgIpc) is 2.65. The molecule has 26 heavy (non-hydrogen) atoms. The second-order valence-corrected chi connectivity index (χ2v) is 6.18. The number of methoxy groups -OCH3 is 3. The summed E-state index contributed by atoms with van der Waals surface area (Å²) < 4.78 is 29.3. The van der Waals surface area contributed by atoms with Crippen LogP contribution in [0.3, 0.4) is 0 Å². The number of nitrogens with one attached hydrogen (secondary N) is 1. The monoisotopic (exact) mass is 362 g/mol. The van der Waals surface area contributed by atoms with Crippen molar-refractivity contribution in [2.75, 3.05) is 42.0 Å². The Hall–Kier alpha value is -2.31. The molecule has 0 aliphatic rings. The van der Waals surface area contributed by atoms with E-state index in [0.717, 1.165) is 16.9 Å². The van der Waals surface area contributed by atoms with Gasteiger partial charge in [-0.15, -0.1) is 0 Å². The molecule has 0 aromatic heterocycles. The molecule has 2 aromatic rings. The van der Waals surface area contributed by atoms with Gasteiger partial charge in [0.2, 0.25) is 0 Å². The van der Waals surface area contributed by atoms with Crippen LogP contribution in [0.25, 0.3) is 0 Å². The quantitative estimate of drug-likeness (QED) is 0.742. The summed E-state index contributed by atoms with van der Waals surface area (Å²) in [5, 5.41) is 3.45. The highest BCUT2D eigenvalue weighted by molar-refractivity contribution is 5.50. The normalized spacial score (nSPS) is 12.1. The lowest BCUT2D eigenvalue weighted by Gasteiger charge is -2.25. The highest BCUT2D eigenvalue weighted by Crippen LogP contribution is 2.34. The van der Waals surface area contributed by atoms with Gasteiger partial charge in [0, 0.05) is 30.8 Å². The first-order chi connectivity index (χ1) is 12.5. The van der Waals surface area contributed by atoms with Gasteiger partial charge in [0.25, 0.3) is 0 Å². The zero-order chi connectivity index (χ0) is 19.1. The number of ether oxygens (including phenoxy) is 3. The lowest BCUT2D eigenvalue weighted by molar-refractivity contribution is 0.287. The Balaban J connectivity index is 2.10. The van der Waals surface area contributed by atoms with Gasteiger partial charge in [-0.3, -0.25) is 0 Å². The van der Waals surface area contributed by atoms with E-state index in [2.05, 4.69) is 10.2 Å². The molecule has 142 valence electrons. The molecule has 2 aromatic carbocycles. The third-order valence-electron chi connectivity index (χ3n) is 4.32. The fraction of sp³-hybridized carbons (Fsp3) is 0.400. The SMILES string of the molecule is COc1cc(OC)c(OC)cc1CNCC(c1ccc(F)cc1)N(C)C. The van der Waals surface area contributed by atoms with E-state index in [-0.39, 0.29) is 11.9 Å². The molecule has 0 fully saturated rings. The Morgan fingerprint density at radius 1 is 0.923 bits per heavy atom. The van der Waals surface area contributed by atoms with Crippen molar-refractivity contribution < 1.29 is 18.6 Å². The van der Waals surface area contributed by atoms with Crippen LogP contribution in [-0.4, -0.2) is 46.9 Å². The number of benzene rings is 2. The van der Waals surface area contributed by atoms with Crippen molar-refractivity contribution >= 4 is 0 Å². The maximum Gasteiger partial charge on any atom is 0.164 e. The van der Waals surface area contributed by atoms with Crippen LogP contribution in [-0.2, 0) is 6.54 Å². The van der Waals surface area contributed by atoms with Crippen LogP contribution in [0.5, 0.6) is 17.2 Å². The van der Waals surface area contributed by atoms with Gasteiger partial charge in [0.05, 0.1) is 21.3 Å². The summed E-state index contributed by atoms with van der Waals surface area (Å²) >= 11 is 0. The molecule has 5 nitrogen and oxygen atoms in total. The lowest BCUT2D eigenvalue weighted by atomic mass is 10.1. The van der Waals surface area contributed by atoms with Crippen molar-refractivity contribution in [1.29, 1.82) is 0 Å². The van der Waals surface area contributed by atoms with Gasteiger partial charge >= 0.3 is 0 Å². The summed E-state index contributed by atoms with van der Waals surface area (Å²) in [5.74, 6) is 1.80. The molecule has 0 saturated heterocycles. The maximum absolute atomic E-state index is 13.2. The zero-order valence-corrected chi connectivity index (χ0v) is 16.0. The second-order valence-electron chi connectivity index (χ2n) is 6.18. The molecule has 0 bridgehead atoms. The molecule has 1 N–H and O–H groups in total. The molecule has 0 radical (unpaired) electrons. The van der Waals surface area contributed by atoms with E-state index in [1.807, 2.05) is 38.4 Å². The van der Waals surface area contributed by atoms with Crippen LogP contribution in [0.4, 0.5) is 4.39 Å². The van der Waals surface area contributed by atoms with Gasteiger partial charge in [-0.05, 0) is 37.9 Å². The highest BCUT2D eigenvalue weighted by atomic mass is 19.1. The minimum Gasteiger partial charge on any atom is -0.496 e. The van der Waals surface area contributed by atoms with Crippen LogP contribution < -0.4 is 19.5 Å². The number of hydrogen-bond donors (Lipinski definition) is 1. The Morgan fingerprint density at radius 3 is 2.04 bits per heavy atom. The molecule has 2 rings (SSSR count). The van der Waals surface area contributed by atoms with Gasteiger partial charge in [-0.25, -0.2) is 4.39 Å². The first kappa shape index (κ1) is 20.0. The summed E-state index contributed by atoms with van der Waals surface area (Å²) in [5.41, 5.74) is 2.03. The van der Waals surface area contributed by atoms with Crippen LogP contribution in [0.15, 0.2) is 36.4 Å². The number of halogens is 1. The van der Waals surface area contributed by atoms with Gasteiger partial charge in [-0.1, -0.05) is 12.1 Å². The lowest BCUT2D eigenvalue weighted by Crippen LogP contribution is -2.30. The Labute approximate surface area is 154 Å². The fourth-order valence-corrected chi connectivity index (χ4v) is 2.86. The van der Waals surface area contributed by atoms with E-state index in [0.29, 0.717) is 24.6 Å². The fourth-order valence-electron chi connectivity index (χ4n) is 2.86. The topological polar surface area (TPSA) is 43.0 Å². The van der Waals surface area contributed by atoms with Gasteiger partial charge in [0.1, 0.15) is 11.6 Å². The van der Waals surface area contributed by atoms with Crippen LogP contribution in [0, 0.1) is 5.82 Å². The second kappa shape index (κ2) is 9.40. The summed E-state index contributed by atoms with van der Waals surface area (Å²) in [6.45, 7) is 1.31. The van der Waals surface area contributed by atoms with Crippen molar-refractivity contribution in [2.45, 2.75) is 12.6 Å². The predicted octanol–water partition coefficient (Wildman–Crippen LogP) is 3.24. The summed E-state index contributed by atoms with van der Waals surface area (Å²) in [6.07, 6.45) is 0. The third-order valence-corrected chi connectivity index (χ3v) is 4.32. The van der Waals surface area contributed by atoms with E-state index < -0.39 is 0 Å². The average molecular weight is 362 g/mol. The van der Waals surface area contributed by atoms with Gasteiger partial charge < -0.3 is 24.4 Å². The number of likely N-dealkylation sites (N-methyl/N-ethyl adjacent to an activating group) is 1. The van der Waals surface area contributed by atoms with Gasteiger partial charge in [-0.2, -0.15) is 0 Å². The molecule has 1 atom stereocenters. The third kappa shape index (κ3) is 4.86. The van der Waals surface area contributed by atoms with Crippen LogP contribution >= 0.6 is 0 Å². The predicted molar refractivity (Wildman–Crippen MR) is 101 cm³/mol. The van der Waals surface area contributed by atoms with Crippen molar-refractivity contribution in [3.63, 3.8) is 0 Å². The van der Waals surface area contributed by atoms with Crippen LogP contribution in [0.2, 0.25) is 0 Å². The highest BCUT2D eigenvalue weighted by Gasteiger charge is 2.15. The largest absolute Gasteiger partial charge is 0.496 e. The van der Waals surface area contributed by atoms with Crippen molar-refractivity contribution in [3.8, 4) is 17.2 Å². The maximum atomic E-state index is 13.2. The molecular weight excluding hydrogens is 335 g/mol. The Morgan fingerprint density at radius 2 is 1.50 bits per heavy atom. The standard InChI is InChI=1S/C20H27FN2O3/c1-23(2)17(14-6-8-16(21)9-7-14)13-22-12-15-10-19(25-4)20(26-5)11-18(15)24-3/h6-11,17,22H,12-13H2,1-5H3. The Bertz CT molecular complexity index is 705. The molecule has 0 spiro atoms. The Kier molecular flexibility index (Phi) is 7.24. The van der Waals surface area contributed by atoms with Crippen molar-refractivity contribution in [2.24, 2.45) is 0 Å². The summed E-state index contributed by atoms with van der Waals surface area (Å²) in [7, 11) is 8.85. The molecule has 0 heterocycles.